The molecule has 4 aliphatic rings. The number of fused-ring (bicyclic) bond motifs is 2. The van der Waals surface area contributed by atoms with Crippen molar-refractivity contribution in [2.75, 3.05) is 32.8 Å². The lowest BCUT2D eigenvalue weighted by Crippen LogP contribution is -2.56. The predicted octanol–water partition coefficient (Wildman–Crippen LogP) is 2.53. The fourth-order valence-corrected chi connectivity index (χ4v) is 6.90. The zero-order valence-corrected chi connectivity index (χ0v) is 22.4. The molecule has 2 fully saturated rings. The quantitative estimate of drug-likeness (QED) is 0.399. The summed E-state index contributed by atoms with van der Waals surface area (Å²) in [5.74, 6) is -2.21. The average Bonchev–Trinajstić information content (AvgIpc) is 3.21. The molecule has 4 heterocycles. The summed E-state index contributed by atoms with van der Waals surface area (Å²) < 4.78 is 6.93. The molecule has 1 N–H and O–H groups in total. The maximum absolute atomic E-state index is 14.3. The van der Waals surface area contributed by atoms with Crippen LogP contribution in [0.3, 0.4) is 0 Å². The van der Waals surface area contributed by atoms with Gasteiger partial charge in [-0.3, -0.25) is 14.4 Å². The fourth-order valence-electron chi connectivity index (χ4n) is 6.90. The van der Waals surface area contributed by atoms with Crippen LogP contribution in [0.1, 0.15) is 45.1 Å². The molecule has 2 saturated heterocycles. The van der Waals surface area contributed by atoms with E-state index >= 15 is 0 Å². The molecule has 4 aliphatic heterocycles. The number of hydrogen-bond donors (Lipinski definition) is 1. The van der Waals surface area contributed by atoms with Crippen molar-refractivity contribution in [2.24, 2.45) is 11.8 Å². The molecule has 0 aromatic heterocycles. The summed E-state index contributed by atoms with van der Waals surface area (Å²) >= 11 is 0. The summed E-state index contributed by atoms with van der Waals surface area (Å²) in [6, 6.07) is 8.90. The van der Waals surface area contributed by atoms with E-state index in [0.29, 0.717) is 32.6 Å². The van der Waals surface area contributed by atoms with Gasteiger partial charge in [-0.05, 0) is 18.4 Å². The first kappa shape index (κ1) is 26.6. The number of carbonyl (C=O) groups is 3. The van der Waals surface area contributed by atoms with Gasteiger partial charge in [-0.2, -0.15) is 0 Å². The number of rotatable bonds is 9. The normalized spacial score (nSPS) is 32.3. The number of aliphatic hydroxyl groups is 1. The third-order valence-corrected chi connectivity index (χ3v) is 8.70. The molecule has 8 nitrogen and oxygen atoms in total. The zero-order valence-electron chi connectivity index (χ0n) is 22.4. The Bertz CT molecular complexity index is 1120. The molecule has 0 radical (unpaired) electrons. The molecule has 0 bridgehead atoms. The van der Waals surface area contributed by atoms with Gasteiger partial charge in [-0.25, -0.2) is 0 Å². The van der Waals surface area contributed by atoms with Gasteiger partial charge in [-0.15, -0.1) is 0 Å². The lowest BCUT2D eigenvalue weighted by molar-refractivity contribution is -0.154. The summed E-state index contributed by atoms with van der Waals surface area (Å²) in [7, 11) is 0. The molecule has 1 spiro atoms. The lowest BCUT2D eigenvalue weighted by Gasteiger charge is -2.38. The van der Waals surface area contributed by atoms with E-state index in [1.165, 1.54) is 4.90 Å². The van der Waals surface area contributed by atoms with Crippen LogP contribution in [0.25, 0.3) is 0 Å². The zero-order chi connectivity index (χ0) is 26.9. The monoisotopic (exact) mass is 521 g/mol. The van der Waals surface area contributed by atoms with Gasteiger partial charge >= 0.3 is 0 Å². The van der Waals surface area contributed by atoms with E-state index in [1.807, 2.05) is 61.6 Å². The number of carbonyl (C=O) groups excluding carboxylic acids is 3. The van der Waals surface area contributed by atoms with Crippen LogP contribution in [-0.4, -0.2) is 87.6 Å². The van der Waals surface area contributed by atoms with Crippen LogP contribution in [0.4, 0.5) is 0 Å². The summed E-state index contributed by atoms with van der Waals surface area (Å²) in [6.45, 7) is 5.74. The number of β-amino-alcohol motifs (C(OH)–C–C–N with tert-alkyl or cyclic N) is 1. The molecule has 1 aromatic rings. The van der Waals surface area contributed by atoms with Gasteiger partial charge in [0, 0.05) is 32.7 Å². The van der Waals surface area contributed by atoms with E-state index in [2.05, 4.69) is 6.92 Å². The van der Waals surface area contributed by atoms with E-state index in [1.54, 1.807) is 9.80 Å². The second-order valence-corrected chi connectivity index (χ2v) is 10.9. The smallest absolute Gasteiger partial charge is 0.249 e. The van der Waals surface area contributed by atoms with E-state index < -0.39 is 29.1 Å². The number of amides is 3. The second kappa shape index (κ2) is 10.7. The molecule has 204 valence electrons. The van der Waals surface area contributed by atoms with Gasteiger partial charge in [-0.1, -0.05) is 81.3 Å². The Morgan fingerprint density at radius 1 is 0.895 bits per heavy atom. The number of unbranched alkanes of at least 4 members (excludes halogenated alkanes) is 2. The SMILES string of the molecule is CCCCCN1CC=C[C@]23O[C@@]4(CC)C=CCN(Cc5ccccc5)C(=O)[C@H]4[C@H]2C(=O)N(CCO)C3C1=O. The van der Waals surface area contributed by atoms with Crippen LogP contribution in [0.2, 0.25) is 0 Å². The number of ether oxygens (including phenoxy) is 1. The van der Waals surface area contributed by atoms with Crippen LogP contribution in [0.15, 0.2) is 54.6 Å². The minimum atomic E-state index is -1.26. The maximum atomic E-state index is 14.3. The van der Waals surface area contributed by atoms with Crippen LogP contribution in [-0.2, 0) is 25.7 Å². The largest absolute Gasteiger partial charge is 0.395 e. The Hall–Kier alpha value is -2.97. The van der Waals surface area contributed by atoms with Gasteiger partial charge in [0.05, 0.1) is 24.0 Å². The van der Waals surface area contributed by atoms with Crippen molar-refractivity contribution in [1.82, 2.24) is 14.7 Å². The maximum Gasteiger partial charge on any atom is 0.249 e. The molecular formula is C30H39N3O5. The summed E-state index contributed by atoms with van der Waals surface area (Å²) in [4.78, 5) is 47.5. The number of aliphatic hydroxyl groups excluding tert-OH is 1. The highest BCUT2D eigenvalue weighted by Crippen LogP contribution is 2.58. The predicted molar refractivity (Wildman–Crippen MR) is 143 cm³/mol. The molecule has 38 heavy (non-hydrogen) atoms. The van der Waals surface area contributed by atoms with Gasteiger partial charge in [0.2, 0.25) is 17.7 Å². The Labute approximate surface area is 224 Å². The third-order valence-electron chi connectivity index (χ3n) is 8.70. The van der Waals surface area contributed by atoms with Gasteiger partial charge in [0.1, 0.15) is 11.6 Å². The van der Waals surface area contributed by atoms with Crippen molar-refractivity contribution < 1.29 is 24.2 Å². The molecule has 0 aliphatic carbocycles. The van der Waals surface area contributed by atoms with Crippen molar-refractivity contribution >= 4 is 17.7 Å². The van der Waals surface area contributed by atoms with E-state index in [4.69, 9.17) is 4.74 Å². The standard InChI is InChI=1S/C30H39N3O5/c1-3-5-9-16-31-17-11-15-30-24(27(36)33(19-20-34)25(30)28(31)37)23-26(35)32(21-22-12-7-6-8-13-22)18-10-14-29(23,4-2)38-30/h6-8,10-15,23-25,34H,3-5,9,16-21H2,1-2H3/t23-,24+,25?,29+,30+/m1/s1. The molecule has 5 rings (SSSR count). The van der Waals surface area contributed by atoms with Crippen molar-refractivity contribution in [1.29, 1.82) is 0 Å². The Morgan fingerprint density at radius 2 is 1.63 bits per heavy atom. The minimum absolute atomic E-state index is 0.0249. The van der Waals surface area contributed by atoms with Crippen molar-refractivity contribution in [3.8, 4) is 0 Å². The summed E-state index contributed by atoms with van der Waals surface area (Å²) in [6.07, 6.45) is 11.2. The lowest BCUT2D eigenvalue weighted by atomic mass is 9.73. The van der Waals surface area contributed by atoms with Gasteiger partial charge < -0.3 is 24.5 Å². The highest BCUT2D eigenvalue weighted by atomic mass is 16.5. The molecular weight excluding hydrogens is 482 g/mol. The molecule has 1 aromatic carbocycles. The molecule has 1 unspecified atom stereocenters. The number of nitrogens with zero attached hydrogens (tertiary/aromatic N) is 3. The topological polar surface area (TPSA) is 90.4 Å². The average molecular weight is 522 g/mol. The van der Waals surface area contributed by atoms with Gasteiger partial charge in [0.15, 0.2) is 0 Å². The van der Waals surface area contributed by atoms with E-state index in [-0.39, 0.29) is 30.9 Å². The first-order chi connectivity index (χ1) is 18.4. The molecule has 8 heteroatoms. The Kier molecular flexibility index (Phi) is 7.47. The van der Waals surface area contributed by atoms with E-state index in [9.17, 15) is 19.5 Å². The minimum Gasteiger partial charge on any atom is -0.395 e. The Morgan fingerprint density at radius 3 is 2.34 bits per heavy atom. The van der Waals surface area contributed by atoms with Crippen LogP contribution >= 0.6 is 0 Å². The van der Waals surface area contributed by atoms with Crippen LogP contribution < -0.4 is 0 Å². The van der Waals surface area contributed by atoms with Crippen molar-refractivity contribution in [3.05, 3.63) is 60.2 Å². The summed E-state index contributed by atoms with van der Waals surface area (Å²) in [5.41, 5.74) is -1.25. The fraction of sp³-hybridized carbons (Fsp3) is 0.567. The molecule has 0 saturated carbocycles. The van der Waals surface area contributed by atoms with Crippen LogP contribution in [0, 0.1) is 11.8 Å². The second-order valence-electron chi connectivity index (χ2n) is 10.9. The summed E-state index contributed by atoms with van der Waals surface area (Å²) in [5, 5.41) is 9.86. The van der Waals surface area contributed by atoms with E-state index in [0.717, 1.165) is 24.8 Å². The highest BCUT2D eigenvalue weighted by Gasteiger charge is 2.75. The van der Waals surface area contributed by atoms with Crippen LogP contribution in [0.5, 0.6) is 0 Å². The first-order valence-electron chi connectivity index (χ1n) is 14.0. The molecule has 3 amide bonds. The van der Waals surface area contributed by atoms with Crippen molar-refractivity contribution in [2.45, 2.75) is 63.3 Å². The highest BCUT2D eigenvalue weighted by molar-refractivity contribution is 6.00. The number of hydrogen-bond acceptors (Lipinski definition) is 5. The molecule has 5 atom stereocenters. The number of likely N-dealkylation sites (tertiary alicyclic amines) is 1. The first-order valence-corrected chi connectivity index (χ1v) is 14.0. The Balaban J connectivity index is 1.56. The van der Waals surface area contributed by atoms with Gasteiger partial charge in [0.25, 0.3) is 0 Å². The third kappa shape index (κ3) is 4.18. The van der Waals surface area contributed by atoms with Crippen molar-refractivity contribution in [3.63, 3.8) is 0 Å². The number of benzene rings is 1.